The molecule has 1 aliphatic carbocycles. The summed E-state index contributed by atoms with van der Waals surface area (Å²) in [7, 11) is 3.12. The third kappa shape index (κ3) is 7.64. The highest BCUT2D eigenvalue weighted by molar-refractivity contribution is 5.88. The van der Waals surface area contributed by atoms with Crippen molar-refractivity contribution in [3.05, 3.63) is 53.6 Å². The second kappa shape index (κ2) is 13.0. The molecule has 0 saturated heterocycles. The Morgan fingerprint density at radius 1 is 1.00 bits per heavy atom. The highest BCUT2D eigenvalue weighted by Crippen LogP contribution is 2.27. The molecule has 2 amide bonds. The van der Waals surface area contributed by atoms with E-state index in [1.165, 1.54) is 6.42 Å². The first-order valence-electron chi connectivity index (χ1n) is 12.4. The Morgan fingerprint density at radius 3 is 2.26 bits per heavy atom. The van der Waals surface area contributed by atoms with E-state index in [1.807, 2.05) is 38.1 Å². The van der Waals surface area contributed by atoms with Crippen LogP contribution in [-0.2, 0) is 16.1 Å². The van der Waals surface area contributed by atoms with Crippen LogP contribution in [0.1, 0.15) is 56.6 Å². The molecule has 190 valence electrons. The van der Waals surface area contributed by atoms with Crippen LogP contribution in [0.4, 0.5) is 0 Å². The Morgan fingerprint density at radius 2 is 1.66 bits per heavy atom. The first kappa shape index (κ1) is 26.4. The molecule has 0 bridgehead atoms. The summed E-state index contributed by atoms with van der Waals surface area (Å²) in [5.41, 5.74) is 2.08. The normalized spacial score (nSPS) is 14.6. The van der Waals surface area contributed by atoms with Gasteiger partial charge in [-0.25, -0.2) is 0 Å². The smallest absolute Gasteiger partial charge is 0.261 e. The van der Waals surface area contributed by atoms with Gasteiger partial charge in [-0.2, -0.15) is 0 Å². The molecule has 2 aromatic carbocycles. The standard InChI is InChI=1S/C28H38N2O5/c1-5-26(28(32)29-22-12-7-6-8-13-22)30(18-21-11-9-10-20(2)14-21)27(31)19-35-25-16-23(33-3)15-24(17-25)34-4/h9-11,14-17,22,26H,5-8,12-13,18-19H2,1-4H3,(H,29,32)/t26-/m0/s1. The van der Waals surface area contributed by atoms with Crippen molar-refractivity contribution in [3.63, 3.8) is 0 Å². The van der Waals surface area contributed by atoms with E-state index >= 15 is 0 Å². The number of methoxy groups -OCH3 is 2. The lowest BCUT2D eigenvalue weighted by Gasteiger charge is -2.32. The van der Waals surface area contributed by atoms with Crippen LogP contribution in [-0.4, -0.2) is 49.6 Å². The largest absolute Gasteiger partial charge is 0.496 e. The third-order valence-corrected chi connectivity index (χ3v) is 6.46. The number of hydrogen-bond acceptors (Lipinski definition) is 5. The summed E-state index contributed by atoms with van der Waals surface area (Å²) in [5, 5.41) is 3.20. The zero-order chi connectivity index (χ0) is 25.2. The van der Waals surface area contributed by atoms with Crippen LogP contribution in [0.3, 0.4) is 0 Å². The molecule has 0 heterocycles. The molecule has 0 spiro atoms. The van der Waals surface area contributed by atoms with Gasteiger partial charge < -0.3 is 24.4 Å². The molecule has 3 rings (SSSR count). The Balaban J connectivity index is 1.78. The topological polar surface area (TPSA) is 77.1 Å². The van der Waals surface area contributed by atoms with E-state index in [1.54, 1.807) is 37.3 Å². The summed E-state index contributed by atoms with van der Waals surface area (Å²) in [6.07, 6.45) is 5.98. The van der Waals surface area contributed by atoms with Crippen LogP contribution in [0, 0.1) is 6.92 Å². The molecule has 1 aliphatic rings. The van der Waals surface area contributed by atoms with Gasteiger partial charge in [-0.05, 0) is 31.7 Å². The number of carbonyl (C=O) groups excluding carboxylic acids is 2. The molecule has 1 saturated carbocycles. The van der Waals surface area contributed by atoms with E-state index in [2.05, 4.69) is 5.32 Å². The minimum Gasteiger partial charge on any atom is -0.496 e. The van der Waals surface area contributed by atoms with Gasteiger partial charge in [0.25, 0.3) is 5.91 Å². The number of nitrogens with zero attached hydrogens (tertiary/aromatic N) is 1. The molecule has 0 aromatic heterocycles. The van der Waals surface area contributed by atoms with Crippen LogP contribution >= 0.6 is 0 Å². The number of rotatable bonds is 11. The van der Waals surface area contributed by atoms with Crippen LogP contribution in [0.5, 0.6) is 17.2 Å². The average Bonchev–Trinajstić information content (AvgIpc) is 2.87. The lowest BCUT2D eigenvalue weighted by molar-refractivity contribution is -0.143. The quantitative estimate of drug-likeness (QED) is 0.505. The summed E-state index contributed by atoms with van der Waals surface area (Å²) in [4.78, 5) is 28.4. The molecule has 0 unspecified atom stereocenters. The van der Waals surface area contributed by atoms with E-state index in [0.717, 1.165) is 36.8 Å². The number of ether oxygens (including phenoxy) is 3. The summed E-state index contributed by atoms with van der Waals surface area (Å²) in [6.45, 7) is 4.09. The lowest BCUT2D eigenvalue weighted by Crippen LogP contribution is -2.52. The summed E-state index contributed by atoms with van der Waals surface area (Å²) in [5.74, 6) is 1.26. The van der Waals surface area contributed by atoms with Crippen molar-refractivity contribution >= 4 is 11.8 Å². The van der Waals surface area contributed by atoms with Crippen molar-refractivity contribution in [2.45, 2.75) is 71.0 Å². The second-order valence-electron chi connectivity index (χ2n) is 9.12. The number of nitrogens with one attached hydrogen (secondary N) is 1. The Kier molecular flexibility index (Phi) is 9.82. The van der Waals surface area contributed by atoms with Gasteiger partial charge in [0.2, 0.25) is 5.91 Å². The zero-order valence-electron chi connectivity index (χ0n) is 21.3. The summed E-state index contributed by atoms with van der Waals surface area (Å²) in [6, 6.07) is 12.8. The van der Waals surface area contributed by atoms with Gasteiger partial charge in [0.1, 0.15) is 23.3 Å². The van der Waals surface area contributed by atoms with Gasteiger partial charge in [0.05, 0.1) is 14.2 Å². The van der Waals surface area contributed by atoms with E-state index in [0.29, 0.717) is 30.2 Å². The molecule has 0 radical (unpaired) electrons. The summed E-state index contributed by atoms with van der Waals surface area (Å²) < 4.78 is 16.4. The fourth-order valence-electron chi connectivity index (χ4n) is 4.56. The first-order valence-corrected chi connectivity index (χ1v) is 12.4. The first-order chi connectivity index (χ1) is 16.9. The van der Waals surface area contributed by atoms with Crippen LogP contribution in [0.2, 0.25) is 0 Å². The molecule has 7 heteroatoms. The van der Waals surface area contributed by atoms with Crippen LogP contribution in [0.25, 0.3) is 0 Å². The van der Waals surface area contributed by atoms with Crippen LogP contribution < -0.4 is 19.5 Å². The zero-order valence-corrected chi connectivity index (χ0v) is 21.3. The van der Waals surface area contributed by atoms with Gasteiger partial charge in [-0.3, -0.25) is 9.59 Å². The Hall–Kier alpha value is -3.22. The van der Waals surface area contributed by atoms with Gasteiger partial charge >= 0.3 is 0 Å². The molecule has 1 atom stereocenters. The van der Waals surface area contributed by atoms with Crippen molar-refractivity contribution < 1.29 is 23.8 Å². The minimum atomic E-state index is -0.576. The SMILES string of the molecule is CC[C@@H](C(=O)NC1CCCCC1)N(Cc1cccc(C)c1)C(=O)COc1cc(OC)cc(OC)c1. The van der Waals surface area contributed by atoms with Gasteiger partial charge in [0, 0.05) is 30.8 Å². The second-order valence-corrected chi connectivity index (χ2v) is 9.12. The third-order valence-electron chi connectivity index (χ3n) is 6.46. The maximum absolute atomic E-state index is 13.5. The van der Waals surface area contributed by atoms with Crippen molar-refractivity contribution in [3.8, 4) is 17.2 Å². The maximum atomic E-state index is 13.5. The minimum absolute atomic E-state index is 0.0940. The average molecular weight is 483 g/mol. The molecule has 7 nitrogen and oxygen atoms in total. The predicted molar refractivity (Wildman–Crippen MR) is 136 cm³/mol. The monoisotopic (exact) mass is 482 g/mol. The van der Waals surface area contributed by atoms with Crippen LogP contribution in [0.15, 0.2) is 42.5 Å². The number of benzene rings is 2. The molecule has 1 fully saturated rings. The van der Waals surface area contributed by atoms with Gasteiger partial charge in [-0.15, -0.1) is 0 Å². The van der Waals surface area contributed by atoms with Crippen molar-refractivity contribution in [2.24, 2.45) is 0 Å². The molecule has 1 N–H and O–H groups in total. The number of aryl methyl sites for hydroxylation is 1. The molecular weight excluding hydrogens is 444 g/mol. The number of amides is 2. The Labute approximate surface area is 208 Å². The van der Waals surface area contributed by atoms with Crippen molar-refractivity contribution in [1.29, 1.82) is 0 Å². The maximum Gasteiger partial charge on any atom is 0.261 e. The fourth-order valence-corrected chi connectivity index (χ4v) is 4.56. The molecular formula is C28H38N2O5. The van der Waals surface area contributed by atoms with Gasteiger partial charge in [0.15, 0.2) is 6.61 Å². The van der Waals surface area contributed by atoms with E-state index in [4.69, 9.17) is 14.2 Å². The predicted octanol–water partition coefficient (Wildman–Crippen LogP) is 4.65. The molecule has 35 heavy (non-hydrogen) atoms. The van der Waals surface area contributed by atoms with E-state index in [9.17, 15) is 9.59 Å². The Bertz CT molecular complexity index is 965. The molecule has 0 aliphatic heterocycles. The van der Waals surface area contributed by atoms with E-state index < -0.39 is 6.04 Å². The van der Waals surface area contributed by atoms with Gasteiger partial charge in [-0.1, -0.05) is 56.0 Å². The highest BCUT2D eigenvalue weighted by atomic mass is 16.5. The highest BCUT2D eigenvalue weighted by Gasteiger charge is 2.30. The fraction of sp³-hybridized carbons (Fsp3) is 0.500. The molecule has 2 aromatic rings. The number of carbonyl (C=O) groups is 2. The lowest BCUT2D eigenvalue weighted by atomic mass is 9.95. The van der Waals surface area contributed by atoms with Crippen molar-refractivity contribution in [2.75, 3.05) is 20.8 Å². The van der Waals surface area contributed by atoms with E-state index in [-0.39, 0.29) is 24.5 Å². The summed E-state index contributed by atoms with van der Waals surface area (Å²) >= 11 is 0. The van der Waals surface area contributed by atoms with Crippen molar-refractivity contribution in [1.82, 2.24) is 10.2 Å². The number of hydrogen-bond donors (Lipinski definition) is 1.